The van der Waals surface area contributed by atoms with Gasteiger partial charge in [-0.25, -0.2) is 14.6 Å². The second-order valence-electron chi connectivity index (χ2n) is 4.75. The molecule has 1 aromatic rings. The van der Waals surface area contributed by atoms with Gasteiger partial charge in [0, 0.05) is 13.1 Å². The average Bonchev–Trinajstić information content (AvgIpc) is 2.48. The van der Waals surface area contributed by atoms with Crippen LogP contribution in [0.1, 0.15) is 18.5 Å². The van der Waals surface area contributed by atoms with Gasteiger partial charge < -0.3 is 15.7 Å². The van der Waals surface area contributed by atoms with E-state index < -0.39 is 12.1 Å². The zero-order valence-corrected chi connectivity index (χ0v) is 11.3. The van der Waals surface area contributed by atoms with Crippen molar-refractivity contribution in [3.05, 3.63) is 24.0 Å². The number of nitrogens with two attached hydrogens (primary N) is 1. The van der Waals surface area contributed by atoms with E-state index >= 15 is 0 Å². The first-order valence-corrected chi connectivity index (χ1v) is 6.45. The van der Waals surface area contributed by atoms with Crippen LogP contribution in [-0.4, -0.2) is 46.2 Å². The third-order valence-electron chi connectivity index (χ3n) is 3.41. The zero-order valence-electron chi connectivity index (χ0n) is 11.3. The molecule has 3 amide bonds. The van der Waals surface area contributed by atoms with Crippen LogP contribution in [0.5, 0.6) is 0 Å². The van der Waals surface area contributed by atoms with Crippen LogP contribution in [-0.2, 0) is 0 Å². The van der Waals surface area contributed by atoms with Crippen molar-refractivity contribution in [2.75, 3.05) is 18.0 Å². The minimum absolute atomic E-state index is 0.207. The molecule has 0 radical (unpaired) electrons. The largest absolute Gasteiger partial charge is 0.465 e. The summed E-state index contributed by atoms with van der Waals surface area (Å²) < 4.78 is 0. The molecule has 0 aliphatic carbocycles. The van der Waals surface area contributed by atoms with E-state index in [1.165, 1.54) is 22.1 Å². The highest BCUT2D eigenvalue weighted by molar-refractivity contribution is 5.91. The normalized spacial score (nSPS) is 17.9. The third kappa shape index (κ3) is 3.20. The topological polar surface area (TPSA) is 124 Å². The number of carbonyl (C=O) groups is 2. The van der Waals surface area contributed by atoms with Crippen molar-refractivity contribution in [1.82, 2.24) is 9.88 Å². The summed E-state index contributed by atoms with van der Waals surface area (Å²) in [6.45, 7) is 0.655. The molecule has 8 nitrogen and oxygen atoms in total. The Labute approximate surface area is 121 Å². The van der Waals surface area contributed by atoms with Crippen molar-refractivity contribution in [2.24, 2.45) is 5.73 Å². The first kappa shape index (κ1) is 14.6. The Morgan fingerprint density at radius 3 is 2.81 bits per heavy atom. The van der Waals surface area contributed by atoms with Gasteiger partial charge in [-0.3, -0.25) is 4.90 Å². The fourth-order valence-corrected chi connectivity index (χ4v) is 2.45. The van der Waals surface area contributed by atoms with Crippen LogP contribution in [0.15, 0.2) is 18.3 Å². The molecule has 1 aromatic heterocycles. The maximum absolute atomic E-state index is 11.7. The Hall–Kier alpha value is -2.82. The number of hydrogen-bond acceptors (Lipinski definition) is 4. The summed E-state index contributed by atoms with van der Waals surface area (Å²) >= 11 is 0. The lowest BCUT2D eigenvalue weighted by Crippen LogP contribution is -2.53. The lowest BCUT2D eigenvalue weighted by molar-refractivity contribution is 0.130. The number of hydrogen-bond donors (Lipinski definition) is 2. The second kappa shape index (κ2) is 6.09. The molecular formula is C13H15N5O3. The Morgan fingerprint density at radius 1 is 1.52 bits per heavy atom. The first-order valence-electron chi connectivity index (χ1n) is 6.45. The lowest BCUT2D eigenvalue weighted by Gasteiger charge is -2.37. The molecule has 21 heavy (non-hydrogen) atoms. The summed E-state index contributed by atoms with van der Waals surface area (Å²) in [5.41, 5.74) is 6.11. The third-order valence-corrected chi connectivity index (χ3v) is 3.41. The monoisotopic (exact) mass is 289 g/mol. The fourth-order valence-electron chi connectivity index (χ4n) is 2.45. The van der Waals surface area contributed by atoms with Crippen LogP contribution in [0.3, 0.4) is 0 Å². The molecule has 2 heterocycles. The molecule has 0 unspecified atom stereocenters. The molecule has 1 saturated heterocycles. The Morgan fingerprint density at radius 2 is 2.29 bits per heavy atom. The average molecular weight is 289 g/mol. The van der Waals surface area contributed by atoms with Gasteiger partial charge in [-0.15, -0.1) is 0 Å². The fraction of sp³-hybridized carbons (Fsp3) is 0.385. The number of nitriles is 1. The summed E-state index contributed by atoms with van der Waals surface area (Å²) in [6.07, 6.45) is 1.70. The van der Waals surface area contributed by atoms with Crippen LogP contribution in [0, 0.1) is 11.3 Å². The standard InChI is InChI=1S/C13H15N5O3/c14-6-9-3-4-10(7-16-9)18(12(15)19)11-2-1-5-17(8-11)13(20)21/h3-4,7,11H,1-2,5,8H2,(H2,15,19)(H,20,21)/t11-/m1/s1. The van der Waals surface area contributed by atoms with Crippen molar-refractivity contribution in [2.45, 2.75) is 18.9 Å². The van der Waals surface area contributed by atoms with Crippen LogP contribution in [0.25, 0.3) is 0 Å². The number of carbonyl (C=O) groups excluding carboxylic acids is 1. The van der Waals surface area contributed by atoms with Gasteiger partial charge in [0.25, 0.3) is 0 Å². The van der Waals surface area contributed by atoms with Gasteiger partial charge in [-0.2, -0.15) is 5.26 Å². The summed E-state index contributed by atoms with van der Waals surface area (Å²) in [5.74, 6) is 0. The number of amides is 3. The van der Waals surface area contributed by atoms with Crippen molar-refractivity contribution in [1.29, 1.82) is 5.26 Å². The second-order valence-corrected chi connectivity index (χ2v) is 4.75. The smallest absolute Gasteiger partial charge is 0.407 e. The van der Waals surface area contributed by atoms with Gasteiger partial charge in [-0.05, 0) is 25.0 Å². The number of urea groups is 1. The van der Waals surface area contributed by atoms with E-state index in [4.69, 9.17) is 16.1 Å². The summed E-state index contributed by atoms with van der Waals surface area (Å²) in [6, 6.07) is 3.96. The van der Waals surface area contributed by atoms with E-state index in [9.17, 15) is 9.59 Å². The van der Waals surface area contributed by atoms with E-state index in [-0.39, 0.29) is 18.3 Å². The van der Waals surface area contributed by atoms with Crippen LogP contribution in [0.4, 0.5) is 15.3 Å². The highest BCUT2D eigenvalue weighted by Gasteiger charge is 2.30. The van der Waals surface area contributed by atoms with Crippen LogP contribution >= 0.6 is 0 Å². The van der Waals surface area contributed by atoms with Gasteiger partial charge in [-0.1, -0.05) is 0 Å². The number of rotatable bonds is 2. The number of aromatic nitrogens is 1. The van der Waals surface area contributed by atoms with Gasteiger partial charge in [0.05, 0.1) is 17.9 Å². The highest BCUT2D eigenvalue weighted by Crippen LogP contribution is 2.22. The quantitative estimate of drug-likeness (QED) is 0.839. The maximum Gasteiger partial charge on any atom is 0.407 e. The molecular weight excluding hydrogens is 274 g/mol. The van der Waals surface area contributed by atoms with Crippen LogP contribution in [0.2, 0.25) is 0 Å². The maximum atomic E-state index is 11.7. The van der Waals surface area contributed by atoms with Gasteiger partial charge >= 0.3 is 12.1 Å². The molecule has 1 atom stereocenters. The molecule has 1 aliphatic heterocycles. The summed E-state index contributed by atoms with van der Waals surface area (Å²) in [4.78, 5) is 29.3. The number of nitrogens with zero attached hydrogens (tertiary/aromatic N) is 4. The number of primary amides is 1. The minimum Gasteiger partial charge on any atom is -0.465 e. The highest BCUT2D eigenvalue weighted by atomic mass is 16.4. The van der Waals surface area contributed by atoms with E-state index in [0.717, 1.165) is 0 Å². The number of pyridine rings is 1. The van der Waals surface area contributed by atoms with E-state index in [1.807, 2.05) is 6.07 Å². The van der Waals surface area contributed by atoms with Crippen molar-refractivity contribution < 1.29 is 14.7 Å². The Bertz CT molecular complexity index is 580. The van der Waals surface area contributed by atoms with Crippen LogP contribution < -0.4 is 10.6 Å². The molecule has 8 heteroatoms. The molecule has 1 aliphatic rings. The molecule has 0 saturated carbocycles. The number of anilines is 1. The molecule has 110 valence electrons. The summed E-state index contributed by atoms with van der Waals surface area (Å²) in [7, 11) is 0. The summed E-state index contributed by atoms with van der Waals surface area (Å²) in [5, 5.41) is 17.8. The first-order chi connectivity index (χ1) is 10.0. The van der Waals surface area contributed by atoms with E-state index in [1.54, 1.807) is 6.07 Å². The predicted octanol–water partition coefficient (Wildman–Crippen LogP) is 0.981. The number of carboxylic acid groups (broad SMARTS) is 1. The molecule has 2 rings (SSSR count). The zero-order chi connectivity index (χ0) is 15.4. The minimum atomic E-state index is -1.01. The van der Waals surface area contributed by atoms with Crippen molar-refractivity contribution in [3.63, 3.8) is 0 Å². The molecule has 1 fully saturated rings. The number of piperidine rings is 1. The lowest BCUT2D eigenvalue weighted by atomic mass is 10.0. The molecule has 0 aromatic carbocycles. The van der Waals surface area contributed by atoms with Crippen molar-refractivity contribution >= 4 is 17.8 Å². The molecule has 0 spiro atoms. The van der Waals surface area contributed by atoms with Gasteiger partial charge in [0.2, 0.25) is 0 Å². The van der Waals surface area contributed by atoms with Crippen molar-refractivity contribution in [3.8, 4) is 6.07 Å². The number of likely N-dealkylation sites (tertiary alicyclic amines) is 1. The van der Waals surface area contributed by atoms with Gasteiger partial charge in [0.1, 0.15) is 11.8 Å². The molecule has 0 bridgehead atoms. The van der Waals surface area contributed by atoms with Gasteiger partial charge in [0.15, 0.2) is 0 Å². The predicted molar refractivity (Wildman–Crippen MR) is 73.6 cm³/mol. The van der Waals surface area contributed by atoms with E-state index in [2.05, 4.69) is 4.98 Å². The Balaban J connectivity index is 2.24. The Kier molecular flexibility index (Phi) is 4.23. The molecule has 3 N–H and O–H groups in total. The van der Waals surface area contributed by atoms with E-state index in [0.29, 0.717) is 25.1 Å². The SMILES string of the molecule is N#Cc1ccc(N(C(N)=O)[C@@H]2CCCN(C(=O)O)C2)cn1.